The van der Waals surface area contributed by atoms with Crippen LogP contribution in [0.5, 0.6) is 0 Å². The summed E-state index contributed by atoms with van der Waals surface area (Å²) in [6.07, 6.45) is 15.8. The fourth-order valence-electron chi connectivity index (χ4n) is 3.28. The number of fused-ring (bicyclic) bond motifs is 5. The van der Waals surface area contributed by atoms with Crippen LogP contribution in [-0.4, -0.2) is 0 Å². The molecule has 0 unspecified atom stereocenters. The van der Waals surface area contributed by atoms with E-state index in [1.54, 1.807) is 0 Å². The first-order valence-corrected chi connectivity index (χ1v) is 9.21. The summed E-state index contributed by atoms with van der Waals surface area (Å²) in [6, 6.07) is 8.78. The minimum absolute atomic E-state index is 1.04. The lowest BCUT2D eigenvalue weighted by Gasteiger charge is -2.02. The summed E-state index contributed by atoms with van der Waals surface area (Å²) in [6.45, 7) is 0. The third kappa shape index (κ3) is 1.81. The zero-order valence-electron chi connectivity index (χ0n) is 12.0. The molecule has 0 bridgehead atoms. The lowest BCUT2D eigenvalue weighted by molar-refractivity contribution is 1.23. The predicted octanol–water partition coefficient (Wildman–Crippen LogP) is 4.89. The molecule has 2 aliphatic rings. The first-order chi connectivity index (χ1) is 10.9. The maximum absolute atomic E-state index is 2.43. The van der Waals surface area contributed by atoms with Crippen LogP contribution in [-0.2, 0) is 0 Å². The van der Waals surface area contributed by atoms with Crippen molar-refractivity contribution in [2.75, 3.05) is 0 Å². The molecule has 2 heterocycles. The molecule has 1 aromatic carbocycles. The summed E-state index contributed by atoms with van der Waals surface area (Å²) in [5.41, 5.74) is 2.93. The number of allylic oxidation sites excluding steroid dienone is 6. The molecule has 0 fully saturated rings. The van der Waals surface area contributed by atoms with Crippen LogP contribution >= 0.6 is 22.7 Å². The van der Waals surface area contributed by atoms with Crippen LogP contribution in [0, 0.1) is 0 Å². The van der Waals surface area contributed by atoms with Crippen LogP contribution in [0.2, 0.25) is 0 Å². The molecule has 2 heteroatoms. The van der Waals surface area contributed by atoms with E-state index in [1.165, 1.54) is 40.4 Å². The van der Waals surface area contributed by atoms with Gasteiger partial charge in [-0.15, -0.1) is 22.7 Å². The Kier molecular flexibility index (Phi) is 2.76. The molecule has 2 aromatic heterocycles. The summed E-state index contributed by atoms with van der Waals surface area (Å²) in [7, 11) is 0. The van der Waals surface area contributed by atoms with Gasteiger partial charge in [-0.25, -0.2) is 0 Å². The number of rotatable bonds is 0. The van der Waals surface area contributed by atoms with E-state index in [1.807, 2.05) is 22.7 Å². The Morgan fingerprint density at radius 1 is 0.864 bits per heavy atom. The van der Waals surface area contributed by atoms with Crippen molar-refractivity contribution in [3.8, 4) is 0 Å². The summed E-state index contributed by atoms with van der Waals surface area (Å²) >= 11 is 3.89. The van der Waals surface area contributed by atoms with E-state index in [9.17, 15) is 0 Å². The Morgan fingerprint density at radius 2 is 1.82 bits per heavy atom. The highest BCUT2D eigenvalue weighted by molar-refractivity contribution is 7.32. The molecule has 3 aromatic rings. The highest BCUT2D eigenvalue weighted by Crippen LogP contribution is 2.34. The number of benzene rings is 1. The molecule has 0 N–H and O–H groups in total. The fraction of sp³-hybridized carbons (Fsp3) is 0.100. The molecule has 0 atom stereocenters. The van der Waals surface area contributed by atoms with Gasteiger partial charge in [-0.05, 0) is 36.1 Å². The topological polar surface area (TPSA) is 0 Å². The maximum atomic E-state index is 2.43. The van der Waals surface area contributed by atoms with Gasteiger partial charge >= 0.3 is 0 Å². The van der Waals surface area contributed by atoms with Crippen molar-refractivity contribution in [3.63, 3.8) is 0 Å². The third-order valence-electron chi connectivity index (χ3n) is 4.39. The van der Waals surface area contributed by atoms with E-state index < -0.39 is 0 Å². The standard InChI is InChI=1S/C20H14S2/c1-2-6-13-10-11-18-16(12-14(13)7-3-1)20-19(22-18)15-8-4-5-9-17(15)21-20/h1-6,8-9,11-12H,7,10H2. The minimum Gasteiger partial charge on any atom is -0.134 e. The van der Waals surface area contributed by atoms with Crippen LogP contribution in [0.4, 0.5) is 0 Å². The molecule has 22 heavy (non-hydrogen) atoms. The van der Waals surface area contributed by atoms with Crippen LogP contribution in [0.1, 0.15) is 12.8 Å². The largest absolute Gasteiger partial charge is 0.134 e. The molecule has 0 saturated carbocycles. The Bertz CT molecular complexity index is 1110. The van der Waals surface area contributed by atoms with E-state index in [-0.39, 0.29) is 0 Å². The molecule has 5 rings (SSSR count). The zero-order valence-corrected chi connectivity index (χ0v) is 13.6. The SMILES string of the molecule is C1=CCC2=C(C=C1)CC=c1sc3c(sc4ccccc43)c1=C2. The lowest BCUT2D eigenvalue weighted by atomic mass is 10.0. The van der Waals surface area contributed by atoms with E-state index in [0.717, 1.165) is 12.8 Å². The lowest BCUT2D eigenvalue weighted by Crippen LogP contribution is -2.17. The van der Waals surface area contributed by atoms with Gasteiger partial charge in [0.1, 0.15) is 0 Å². The van der Waals surface area contributed by atoms with E-state index >= 15 is 0 Å². The molecular formula is C20H14S2. The quantitative estimate of drug-likeness (QED) is 0.553. The normalized spacial score (nSPS) is 16.9. The van der Waals surface area contributed by atoms with Crippen molar-refractivity contribution in [1.82, 2.24) is 0 Å². The van der Waals surface area contributed by atoms with Crippen molar-refractivity contribution in [3.05, 3.63) is 69.5 Å². The number of thiophene rings is 2. The van der Waals surface area contributed by atoms with Gasteiger partial charge in [-0.1, -0.05) is 48.6 Å². The minimum atomic E-state index is 1.04. The second-order valence-corrected chi connectivity index (χ2v) is 7.84. The second-order valence-electron chi connectivity index (χ2n) is 5.73. The Morgan fingerprint density at radius 3 is 2.82 bits per heavy atom. The summed E-state index contributed by atoms with van der Waals surface area (Å²) in [5.74, 6) is 0. The Hall–Kier alpha value is -1.90. The van der Waals surface area contributed by atoms with Crippen molar-refractivity contribution in [1.29, 1.82) is 0 Å². The average molecular weight is 318 g/mol. The number of hydrogen-bond acceptors (Lipinski definition) is 2. The molecule has 0 spiro atoms. The number of hydrogen-bond donors (Lipinski definition) is 0. The molecule has 0 radical (unpaired) electrons. The van der Waals surface area contributed by atoms with Gasteiger partial charge in [0, 0.05) is 19.8 Å². The summed E-state index contributed by atoms with van der Waals surface area (Å²) in [5, 5.41) is 2.85. The molecular weight excluding hydrogens is 304 g/mol. The van der Waals surface area contributed by atoms with Crippen molar-refractivity contribution in [2.24, 2.45) is 0 Å². The van der Waals surface area contributed by atoms with Crippen molar-refractivity contribution in [2.45, 2.75) is 12.8 Å². The Labute approximate surface area is 136 Å². The molecule has 0 amide bonds. The first kappa shape index (κ1) is 12.6. The van der Waals surface area contributed by atoms with Crippen LogP contribution in [0.15, 0.2) is 59.7 Å². The average Bonchev–Trinajstić information content (AvgIpc) is 2.87. The molecule has 0 saturated heterocycles. The second kappa shape index (κ2) is 4.80. The molecule has 0 nitrogen and oxygen atoms in total. The highest BCUT2D eigenvalue weighted by Gasteiger charge is 2.12. The smallest absolute Gasteiger partial charge is 0.0542 e. The Balaban J connectivity index is 1.89. The molecule has 2 aliphatic carbocycles. The van der Waals surface area contributed by atoms with E-state index in [4.69, 9.17) is 0 Å². The van der Waals surface area contributed by atoms with E-state index in [0.29, 0.717) is 0 Å². The van der Waals surface area contributed by atoms with Gasteiger partial charge < -0.3 is 0 Å². The zero-order chi connectivity index (χ0) is 14.5. The predicted molar refractivity (Wildman–Crippen MR) is 99.9 cm³/mol. The van der Waals surface area contributed by atoms with Crippen molar-refractivity contribution >= 4 is 54.3 Å². The first-order valence-electron chi connectivity index (χ1n) is 7.57. The summed E-state index contributed by atoms with van der Waals surface area (Å²) in [4.78, 5) is 0. The molecule has 0 aliphatic heterocycles. The highest BCUT2D eigenvalue weighted by atomic mass is 32.1. The van der Waals surface area contributed by atoms with E-state index in [2.05, 4.69) is 60.7 Å². The fourth-order valence-corrected chi connectivity index (χ4v) is 5.93. The summed E-state index contributed by atoms with van der Waals surface area (Å²) < 4.78 is 5.77. The van der Waals surface area contributed by atoms with Crippen LogP contribution < -0.4 is 9.75 Å². The van der Waals surface area contributed by atoms with Gasteiger partial charge in [0.2, 0.25) is 0 Å². The van der Waals surface area contributed by atoms with Gasteiger partial charge in [0.15, 0.2) is 0 Å². The monoisotopic (exact) mass is 318 g/mol. The van der Waals surface area contributed by atoms with Gasteiger partial charge in [0.25, 0.3) is 0 Å². The van der Waals surface area contributed by atoms with Gasteiger partial charge in [0.05, 0.1) is 9.40 Å². The van der Waals surface area contributed by atoms with Crippen LogP contribution in [0.3, 0.4) is 0 Å². The van der Waals surface area contributed by atoms with Gasteiger partial charge in [-0.2, -0.15) is 0 Å². The van der Waals surface area contributed by atoms with Crippen LogP contribution in [0.25, 0.3) is 31.6 Å². The van der Waals surface area contributed by atoms with Crippen molar-refractivity contribution < 1.29 is 0 Å². The van der Waals surface area contributed by atoms with Gasteiger partial charge in [-0.3, -0.25) is 0 Å². The third-order valence-corrected chi connectivity index (χ3v) is 6.96. The maximum Gasteiger partial charge on any atom is 0.0542 e. The molecule has 106 valence electrons.